The number of nitrogens with one attached hydrogen (secondary N) is 1. The number of nitrogens with two attached hydrogens (primary N) is 1. The van der Waals surface area contributed by atoms with Crippen molar-refractivity contribution in [2.75, 3.05) is 12.3 Å². The van der Waals surface area contributed by atoms with Crippen LogP contribution in [0, 0.1) is 0 Å². The lowest BCUT2D eigenvalue weighted by Gasteiger charge is -1.99. The summed E-state index contributed by atoms with van der Waals surface area (Å²) >= 11 is 0. The van der Waals surface area contributed by atoms with E-state index in [-0.39, 0.29) is 0 Å². The molecule has 0 bridgehead atoms. The van der Waals surface area contributed by atoms with Crippen LogP contribution < -0.4 is 10.5 Å². The minimum atomic E-state index is 0.622. The van der Waals surface area contributed by atoms with Crippen molar-refractivity contribution in [2.24, 2.45) is 0 Å². The number of anilines is 1. The Morgan fingerprint density at radius 1 is 1.38 bits per heavy atom. The topological polar surface area (TPSA) is 51.0 Å². The van der Waals surface area contributed by atoms with Crippen molar-refractivity contribution in [2.45, 2.75) is 6.92 Å². The zero-order valence-electron chi connectivity index (χ0n) is 7.50. The summed E-state index contributed by atoms with van der Waals surface area (Å²) in [6, 6.07) is 7.88. The Balaban J connectivity index is 2.60. The van der Waals surface area contributed by atoms with E-state index in [0.717, 1.165) is 10.9 Å². The van der Waals surface area contributed by atoms with E-state index >= 15 is 0 Å². The summed E-state index contributed by atoms with van der Waals surface area (Å²) in [5, 5.41) is 1.02. The molecule has 3 N–H and O–H groups in total. The van der Waals surface area contributed by atoms with E-state index in [2.05, 4.69) is 4.98 Å². The normalized spacial score (nSPS) is 10.5. The Hall–Kier alpha value is -1.64. The third-order valence-electron chi connectivity index (χ3n) is 2.00. The van der Waals surface area contributed by atoms with E-state index < -0.39 is 0 Å². The average molecular weight is 176 g/mol. The largest absolute Gasteiger partial charge is 0.478 e. The number of rotatable bonds is 2. The maximum Gasteiger partial charge on any atom is 0.215 e. The molecule has 1 aromatic heterocycles. The van der Waals surface area contributed by atoms with Gasteiger partial charge in [0.1, 0.15) is 5.69 Å². The van der Waals surface area contributed by atoms with Crippen LogP contribution in [0.15, 0.2) is 24.3 Å². The molecule has 0 fully saturated rings. The lowest BCUT2D eigenvalue weighted by atomic mass is 10.2. The van der Waals surface area contributed by atoms with Crippen molar-refractivity contribution >= 4 is 16.6 Å². The lowest BCUT2D eigenvalue weighted by Crippen LogP contribution is -1.94. The van der Waals surface area contributed by atoms with Gasteiger partial charge in [0, 0.05) is 5.39 Å². The van der Waals surface area contributed by atoms with Gasteiger partial charge < -0.3 is 15.5 Å². The molecule has 1 heterocycles. The highest BCUT2D eigenvalue weighted by Gasteiger charge is 2.07. The number of ether oxygens (including phenoxy) is 1. The standard InChI is InChI=1S/C10H12N2O/c1-2-13-10-9(11)7-5-3-4-6-8(7)12-10/h3-6,12H,2,11H2,1H3. The number of H-pyrrole nitrogens is 1. The fourth-order valence-corrected chi connectivity index (χ4v) is 1.40. The number of aromatic nitrogens is 1. The summed E-state index contributed by atoms with van der Waals surface area (Å²) in [4.78, 5) is 3.12. The molecule has 0 saturated heterocycles. The summed E-state index contributed by atoms with van der Waals surface area (Å²) < 4.78 is 5.34. The Morgan fingerprint density at radius 3 is 2.85 bits per heavy atom. The molecule has 3 nitrogen and oxygen atoms in total. The number of benzene rings is 1. The summed E-state index contributed by atoms with van der Waals surface area (Å²) in [6.07, 6.45) is 0. The van der Waals surface area contributed by atoms with E-state index in [4.69, 9.17) is 10.5 Å². The number of fused-ring (bicyclic) bond motifs is 1. The molecule has 0 unspecified atom stereocenters. The van der Waals surface area contributed by atoms with Gasteiger partial charge in [-0.25, -0.2) is 0 Å². The molecule has 0 amide bonds. The second kappa shape index (κ2) is 3.01. The minimum Gasteiger partial charge on any atom is -0.478 e. The molecule has 1 aromatic carbocycles. The van der Waals surface area contributed by atoms with E-state index in [1.165, 1.54) is 0 Å². The molecule has 0 saturated carbocycles. The van der Waals surface area contributed by atoms with E-state index in [1.54, 1.807) is 0 Å². The van der Waals surface area contributed by atoms with Crippen molar-refractivity contribution in [1.82, 2.24) is 4.98 Å². The van der Waals surface area contributed by atoms with Crippen molar-refractivity contribution in [3.05, 3.63) is 24.3 Å². The van der Waals surface area contributed by atoms with Crippen LogP contribution in [-0.4, -0.2) is 11.6 Å². The highest BCUT2D eigenvalue weighted by molar-refractivity contribution is 5.94. The minimum absolute atomic E-state index is 0.622. The first-order valence-electron chi connectivity index (χ1n) is 4.32. The van der Waals surface area contributed by atoms with Crippen LogP contribution in [-0.2, 0) is 0 Å². The van der Waals surface area contributed by atoms with Crippen molar-refractivity contribution in [3.8, 4) is 5.88 Å². The molecule has 0 radical (unpaired) electrons. The molecular formula is C10H12N2O. The molecule has 0 aliphatic heterocycles. The summed E-state index contributed by atoms with van der Waals surface area (Å²) in [5.41, 5.74) is 7.58. The summed E-state index contributed by atoms with van der Waals surface area (Å²) in [7, 11) is 0. The molecule has 68 valence electrons. The third-order valence-corrected chi connectivity index (χ3v) is 2.00. The SMILES string of the molecule is CCOc1[nH]c2ccccc2c1N. The Bertz CT molecular complexity index is 420. The van der Waals surface area contributed by atoms with Gasteiger partial charge in [0.15, 0.2) is 0 Å². The molecule has 0 atom stereocenters. The smallest absolute Gasteiger partial charge is 0.215 e. The molecule has 0 aliphatic rings. The van der Waals surface area contributed by atoms with Crippen LogP contribution in [0.5, 0.6) is 5.88 Å². The zero-order chi connectivity index (χ0) is 9.26. The number of aromatic amines is 1. The van der Waals surface area contributed by atoms with Crippen molar-refractivity contribution in [1.29, 1.82) is 0 Å². The van der Waals surface area contributed by atoms with Crippen LogP contribution in [0.2, 0.25) is 0 Å². The number of hydrogen-bond acceptors (Lipinski definition) is 2. The van der Waals surface area contributed by atoms with Gasteiger partial charge >= 0.3 is 0 Å². The first kappa shape index (κ1) is 7.98. The molecule has 2 rings (SSSR count). The number of nitrogen functional groups attached to an aromatic ring is 1. The fraction of sp³-hybridized carbons (Fsp3) is 0.200. The van der Waals surface area contributed by atoms with E-state index in [0.29, 0.717) is 18.2 Å². The van der Waals surface area contributed by atoms with Crippen molar-refractivity contribution in [3.63, 3.8) is 0 Å². The first-order chi connectivity index (χ1) is 6.33. The second-order valence-corrected chi connectivity index (χ2v) is 2.85. The second-order valence-electron chi connectivity index (χ2n) is 2.85. The van der Waals surface area contributed by atoms with Gasteiger partial charge in [-0.1, -0.05) is 18.2 Å². The summed E-state index contributed by atoms with van der Waals surface area (Å²) in [6.45, 7) is 2.56. The van der Waals surface area contributed by atoms with Crippen LogP contribution in [0.25, 0.3) is 10.9 Å². The maximum absolute atomic E-state index is 5.87. The Kier molecular flexibility index (Phi) is 1.85. The first-order valence-corrected chi connectivity index (χ1v) is 4.32. The number of para-hydroxylation sites is 1. The van der Waals surface area contributed by atoms with Crippen LogP contribution in [0.1, 0.15) is 6.92 Å². The highest BCUT2D eigenvalue weighted by Crippen LogP contribution is 2.29. The predicted molar refractivity (Wildman–Crippen MR) is 53.9 cm³/mol. The average Bonchev–Trinajstić information content (AvgIpc) is 2.46. The van der Waals surface area contributed by atoms with E-state index in [9.17, 15) is 0 Å². The van der Waals surface area contributed by atoms with Gasteiger partial charge in [-0.15, -0.1) is 0 Å². The Labute approximate surface area is 76.5 Å². The van der Waals surface area contributed by atoms with Gasteiger partial charge in [-0.3, -0.25) is 0 Å². The third kappa shape index (κ3) is 1.22. The predicted octanol–water partition coefficient (Wildman–Crippen LogP) is 2.15. The highest BCUT2D eigenvalue weighted by atomic mass is 16.5. The number of hydrogen-bond donors (Lipinski definition) is 2. The van der Waals surface area contributed by atoms with Crippen molar-refractivity contribution < 1.29 is 4.74 Å². The van der Waals surface area contributed by atoms with Gasteiger partial charge in [-0.2, -0.15) is 0 Å². The molecule has 3 heteroatoms. The quantitative estimate of drug-likeness (QED) is 0.736. The molecule has 0 spiro atoms. The van der Waals surface area contributed by atoms with Gasteiger partial charge in [0.25, 0.3) is 0 Å². The fourth-order valence-electron chi connectivity index (χ4n) is 1.40. The summed E-state index contributed by atoms with van der Waals surface area (Å²) in [5.74, 6) is 0.670. The van der Waals surface area contributed by atoms with E-state index in [1.807, 2.05) is 31.2 Å². The van der Waals surface area contributed by atoms with Crippen LogP contribution in [0.4, 0.5) is 5.69 Å². The van der Waals surface area contributed by atoms with Crippen LogP contribution in [0.3, 0.4) is 0 Å². The monoisotopic (exact) mass is 176 g/mol. The Morgan fingerprint density at radius 2 is 2.15 bits per heavy atom. The molecule has 13 heavy (non-hydrogen) atoms. The molecular weight excluding hydrogens is 164 g/mol. The molecule has 2 aromatic rings. The van der Waals surface area contributed by atoms with Gasteiger partial charge in [0.05, 0.1) is 12.1 Å². The lowest BCUT2D eigenvalue weighted by molar-refractivity contribution is 0.331. The van der Waals surface area contributed by atoms with Crippen LogP contribution >= 0.6 is 0 Å². The molecule has 0 aliphatic carbocycles. The van der Waals surface area contributed by atoms with Gasteiger partial charge in [-0.05, 0) is 13.0 Å². The zero-order valence-corrected chi connectivity index (χ0v) is 7.50. The van der Waals surface area contributed by atoms with Gasteiger partial charge in [0.2, 0.25) is 5.88 Å². The maximum atomic E-state index is 5.87.